The van der Waals surface area contributed by atoms with Crippen LogP contribution in [0.5, 0.6) is 0 Å². The van der Waals surface area contributed by atoms with E-state index in [0.717, 1.165) is 11.5 Å². The minimum absolute atomic E-state index is 0. The molecule has 33 heavy (non-hydrogen) atoms. The summed E-state index contributed by atoms with van der Waals surface area (Å²) in [6.45, 7) is 7.42. The first-order valence-corrected chi connectivity index (χ1v) is 10.4. The van der Waals surface area contributed by atoms with Gasteiger partial charge in [-0.3, -0.25) is 0 Å². The molecule has 11 heteroatoms. The zero-order valence-corrected chi connectivity index (χ0v) is 21.2. The number of hydrogen-bond donors (Lipinski definition) is 3. The van der Waals surface area contributed by atoms with E-state index in [1.807, 2.05) is 20.8 Å². The number of rotatable bonds is 8. The van der Waals surface area contributed by atoms with Crippen LogP contribution in [0.1, 0.15) is 41.9 Å². The molecule has 4 N–H and O–H groups in total. The smallest absolute Gasteiger partial charge is 0.216 e. The highest BCUT2D eigenvalue weighted by Gasteiger charge is 2.16. The molecule has 0 spiro atoms. The Morgan fingerprint density at radius 2 is 2.00 bits per heavy atom. The van der Waals surface area contributed by atoms with E-state index < -0.39 is 0 Å². The zero-order chi connectivity index (χ0) is 23.1. The van der Waals surface area contributed by atoms with E-state index >= 15 is 0 Å². The number of halogens is 2. The van der Waals surface area contributed by atoms with Crippen molar-refractivity contribution in [2.24, 2.45) is 4.99 Å². The molecule has 0 amide bonds. The van der Waals surface area contributed by atoms with E-state index in [0.29, 0.717) is 61.3 Å². The number of aliphatic imine (C=N–C) groups is 1. The first-order chi connectivity index (χ1) is 15.4. The molecule has 0 radical (unpaired) electrons. The van der Waals surface area contributed by atoms with Crippen molar-refractivity contribution in [2.45, 2.75) is 40.2 Å². The molecule has 176 valence electrons. The molecule has 1 aromatic carbocycles. The minimum Gasteiger partial charge on any atom is -0.444 e. The number of benzene rings is 1. The van der Waals surface area contributed by atoms with E-state index in [4.69, 9.17) is 10.2 Å². The number of nitrogens with two attached hydrogens (primary N) is 1. The summed E-state index contributed by atoms with van der Waals surface area (Å²) < 4.78 is 20.2. The number of aryl methyl sites for hydroxylation is 3. The molecule has 3 aromatic rings. The predicted molar refractivity (Wildman–Crippen MR) is 135 cm³/mol. The average Bonchev–Trinajstić information content (AvgIpc) is 3.27. The number of oxazole rings is 1. The summed E-state index contributed by atoms with van der Waals surface area (Å²) in [6, 6.07) is 7.92. The Balaban J connectivity index is 0.00000385. The van der Waals surface area contributed by atoms with Crippen molar-refractivity contribution in [1.82, 2.24) is 25.4 Å². The lowest BCUT2D eigenvalue weighted by Crippen LogP contribution is -2.37. The lowest BCUT2D eigenvalue weighted by Gasteiger charge is -2.10. The zero-order valence-electron chi connectivity index (χ0n) is 18.9. The number of nitrogen functional groups attached to an aromatic ring is 1. The molecule has 0 saturated carbocycles. The van der Waals surface area contributed by atoms with Gasteiger partial charge in [0.25, 0.3) is 0 Å². The van der Waals surface area contributed by atoms with Crippen molar-refractivity contribution in [3.63, 3.8) is 0 Å². The van der Waals surface area contributed by atoms with Crippen LogP contribution in [0.15, 0.2) is 33.7 Å². The predicted octanol–water partition coefficient (Wildman–Crippen LogP) is 3.38. The van der Waals surface area contributed by atoms with Crippen LogP contribution in [0.25, 0.3) is 5.69 Å². The van der Waals surface area contributed by atoms with Gasteiger partial charge in [-0.05, 0) is 57.9 Å². The van der Waals surface area contributed by atoms with E-state index in [1.54, 1.807) is 12.1 Å². The lowest BCUT2D eigenvalue weighted by atomic mass is 10.1. The summed E-state index contributed by atoms with van der Waals surface area (Å²) in [7, 11) is 0. The molecule has 2 aromatic heterocycles. The van der Waals surface area contributed by atoms with Gasteiger partial charge in [-0.15, -0.1) is 24.0 Å². The van der Waals surface area contributed by atoms with Gasteiger partial charge in [-0.2, -0.15) is 10.4 Å². The third-order valence-electron chi connectivity index (χ3n) is 4.85. The Hall–Kier alpha value is -3.14. The van der Waals surface area contributed by atoms with E-state index in [1.165, 1.54) is 16.8 Å². The van der Waals surface area contributed by atoms with Crippen LogP contribution in [-0.4, -0.2) is 33.8 Å². The normalized spacial score (nSPS) is 11.1. The summed E-state index contributed by atoms with van der Waals surface area (Å²) in [5.74, 6) is 1.90. The Kier molecular flexibility index (Phi) is 9.65. The number of nitrogens with zero attached hydrogens (tertiary/aromatic N) is 5. The summed E-state index contributed by atoms with van der Waals surface area (Å²) in [4.78, 5) is 8.83. The van der Waals surface area contributed by atoms with E-state index in [2.05, 4.69) is 31.8 Å². The summed E-state index contributed by atoms with van der Waals surface area (Å²) in [5.41, 5.74) is 8.51. The maximum Gasteiger partial charge on any atom is 0.216 e. The third kappa shape index (κ3) is 6.67. The molecule has 0 aliphatic rings. The van der Waals surface area contributed by atoms with Crippen LogP contribution in [0, 0.1) is 31.0 Å². The number of hydrogen-bond acceptors (Lipinski definition) is 6. The number of guanidine groups is 1. The second-order valence-corrected chi connectivity index (χ2v) is 7.18. The minimum atomic E-state index is -0.350. The number of nitriles is 1. The Labute approximate surface area is 209 Å². The van der Waals surface area contributed by atoms with Gasteiger partial charge in [0.1, 0.15) is 35.6 Å². The van der Waals surface area contributed by atoms with Crippen molar-refractivity contribution in [1.29, 1.82) is 5.26 Å². The molecule has 0 unspecified atom stereocenters. The van der Waals surface area contributed by atoms with Crippen molar-refractivity contribution >= 4 is 35.8 Å². The van der Waals surface area contributed by atoms with Gasteiger partial charge < -0.3 is 20.8 Å². The topological polar surface area (TPSA) is 130 Å². The Morgan fingerprint density at radius 3 is 2.61 bits per heavy atom. The third-order valence-corrected chi connectivity index (χ3v) is 4.85. The van der Waals surface area contributed by atoms with Crippen molar-refractivity contribution < 1.29 is 8.81 Å². The number of nitrogens with one attached hydrogen (secondary N) is 2. The van der Waals surface area contributed by atoms with Crippen LogP contribution in [-0.2, 0) is 13.0 Å². The van der Waals surface area contributed by atoms with Gasteiger partial charge in [0.05, 0.1) is 17.1 Å². The molecular weight excluding hydrogens is 538 g/mol. The fraction of sp³-hybridized carbons (Fsp3) is 0.364. The van der Waals surface area contributed by atoms with Gasteiger partial charge in [-0.25, -0.2) is 19.0 Å². The number of aromatic nitrogens is 3. The van der Waals surface area contributed by atoms with Gasteiger partial charge >= 0.3 is 0 Å². The van der Waals surface area contributed by atoms with Gasteiger partial charge in [0.15, 0.2) is 5.96 Å². The first-order valence-electron chi connectivity index (χ1n) is 10.4. The summed E-state index contributed by atoms with van der Waals surface area (Å²) >= 11 is 0. The highest BCUT2D eigenvalue weighted by molar-refractivity contribution is 14.0. The molecule has 0 saturated heterocycles. The van der Waals surface area contributed by atoms with E-state index in [-0.39, 0.29) is 35.6 Å². The second-order valence-electron chi connectivity index (χ2n) is 7.18. The molecule has 3 rings (SSSR count). The quantitative estimate of drug-likeness (QED) is 0.165. The largest absolute Gasteiger partial charge is 0.444 e. The molecule has 9 nitrogen and oxygen atoms in total. The molecule has 0 aliphatic carbocycles. The van der Waals surface area contributed by atoms with Gasteiger partial charge in [0, 0.05) is 13.1 Å². The average molecular weight is 566 g/mol. The fourth-order valence-corrected chi connectivity index (χ4v) is 3.11. The maximum atomic E-state index is 13.2. The van der Waals surface area contributed by atoms with Crippen LogP contribution in [0.3, 0.4) is 0 Å². The van der Waals surface area contributed by atoms with Crippen molar-refractivity contribution in [3.8, 4) is 11.8 Å². The summed E-state index contributed by atoms with van der Waals surface area (Å²) in [6.07, 6.45) is 1.25. The fourth-order valence-electron chi connectivity index (χ4n) is 3.11. The van der Waals surface area contributed by atoms with Crippen LogP contribution in [0.4, 0.5) is 10.2 Å². The molecule has 2 heterocycles. The maximum absolute atomic E-state index is 13.2. The van der Waals surface area contributed by atoms with Gasteiger partial charge in [-0.1, -0.05) is 0 Å². The Morgan fingerprint density at radius 1 is 1.27 bits per heavy atom. The highest BCUT2D eigenvalue weighted by atomic mass is 127. The Bertz CT molecular complexity index is 1110. The van der Waals surface area contributed by atoms with Crippen molar-refractivity contribution in [3.05, 3.63) is 58.7 Å². The van der Waals surface area contributed by atoms with Crippen LogP contribution < -0.4 is 16.4 Å². The van der Waals surface area contributed by atoms with Crippen molar-refractivity contribution in [2.75, 3.05) is 18.8 Å². The molecular formula is C22H28FIN8O. The molecule has 0 atom stereocenters. The lowest BCUT2D eigenvalue weighted by molar-refractivity contribution is 0.472. The molecule has 0 bridgehead atoms. The molecule has 0 aliphatic heterocycles. The summed E-state index contributed by atoms with van der Waals surface area (Å²) in [5, 5.41) is 20.4. The number of anilines is 1. The standard InChI is InChI=1S/C22H27FN8O.HI/c1-4-26-22(28-13-20-29-14(2)15(3)32-20)27-11-5-6-19-18(12-24)21(25)31(30-19)17-9-7-16(23)8-10-17;/h7-10H,4-6,11,13,25H2,1-3H3,(H2,26,27,28);1H. The second kappa shape index (κ2) is 12.2. The van der Waals surface area contributed by atoms with Crippen LogP contribution >= 0.6 is 24.0 Å². The van der Waals surface area contributed by atoms with Gasteiger partial charge in [0.2, 0.25) is 5.89 Å². The SMILES string of the molecule is CCNC(=NCc1nc(C)c(C)o1)NCCCc1nn(-c2ccc(F)cc2)c(N)c1C#N.I. The van der Waals surface area contributed by atoms with Crippen LogP contribution in [0.2, 0.25) is 0 Å². The monoisotopic (exact) mass is 566 g/mol. The molecule has 0 fully saturated rings. The first kappa shape index (κ1) is 26.1. The highest BCUT2D eigenvalue weighted by Crippen LogP contribution is 2.21. The van der Waals surface area contributed by atoms with E-state index in [9.17, 15) is 9.65 Å².